The maximum absolute atomic E-state index is 13.8. The minimum Gasteiger partial charge on any atom is -0.456 e. The van der Waals surface area contributed by atoms with Crippen molar-refractivity contribution < 1.29 is 47.7 Å². The number of methoxy groups -OCH3 is 1. The maximum Gasteiger partial charge on any atom is 0.355 e. The molecule has 1 unspecified atom stereocenters. The van der Waals surface area contributed by atoms with Gasteiger partial charge in [-0.1, -0.05) is 56.3 Å². The van der Waals surface area contributed by atoms with Crippen LogP contribution in [-0.4, -0.2) is 77.3 Å². The molecule has 2 bridgehead atoms. The quantitative estimate of drug-likeness (QED) is 0.115. The Kier molecular flexibility index (Phi) is 11.7. The topological polar surface area (TPSA) is 137 Å². The van der Waals surface area contributed by atoms with E-state index < -0.39 is 72.0 Å². The third-order valence-electron chi connectivity index (χ3n) is 11.3. The Labute approximate surface area is 310 Å². The molecular formula is C42H51N2O9+. The molecule has 2 aliphatic heterocycles. The second-order valence-corrected chi connectivity index (χ2v) is 14.8. The lowest BCUT2D eigenvalue weighted by molar-refractivity contribution is -0.688. The molecule has 2 N–H and O–H groups in total. The van der Waals surface area contributed by atoms with E-state index >= 15 is 0 Å². The van der Waals surface area contributed by atoms with Crippen molar-refractivity contribution in [3.63, 3.8) is 0 Å². The number of benzene rings is 1. The average molecular weight is 728 g/mol. The first-order chi connectivity index (χ1) is 25.4. The summed E-state index contributed by atoms with van der Waals surface area (Å²) in [6, 6.07) is 16.5. The summed E-state index contributed by atoms with van der Waals surface area (Å²) in [5.74, 6) is -2.83. The number of pyridine rings is 1. The van der Waals surface area contributed by atoms with E-state index in [4.69, 9.17) is 23.7 Å². The molecule has 1 spiro atoms. The fraction of sp³-hybridized carbons (Fsp3) is 0.476. The number of esters is 3. The predicted molar refractivity (Wildman–Crippen MR) is 194 cm³/mol. The number of aromatic amines is 1. The Morgan fingerprint density at radius 2 is 1.75 bits per heavy atom. The SMILES string of the molecule is CO[C@H]1CC2C=C[C@@H]3C[C@]2(O[C@H]3[C@H](OC(=O)c2ccc[nH]2)[C@H](C)[C@H](C)O)/C(C)=C/[C@@H](C)[C@@H]([C@@H](C)OC(=O)c2ccccc2C[n+]2ccccc2)OC1=O. The van der Waals surface area contributed by atoms with Gasteiger partial charge in [0.2, 0.25) is 0 Å². The van der Waals surface area contributed by atoms with Crippen molar-refractivity contribution in [3.8, 4) is 0 Å². The molecule has 1 fully saturated rings. The number of hydrogen-bond acceptors (Lipinski definition) is 9. The van der Waals surface area contributed by atoms with Gasteiger partial charge in [0.15, 0.2) is 25.0 Å². The first-order valence-corrected chi connectivity index (χ1v) is 18.5. The number of hydrogen-bond donors (Lipinski definition) is 2. The molecule has 6 rings (SSSR count). The van der Waals surface area contributed by atoms with E-state index in [9.17, 15) is 19.5 Å². The third-order valence-corrected chi connectivity index (χ3v) is 11.3. The number of carbonyl (C=O) groups is 3. The van der Waals surface area contributed by atoms with Gasteiger partial charge in [-0.25, -0.2) is 19.0 Å². The maximum atomic E-state index is 13.8. The van der Waals surface area contributed by atoms with Crippen LogP contribution in [0.2, 0.25) is 0 Å². The van der Waals surface area contributed by atoms with E-state index in [2.05, 4.69) is 17.1 Å². The number of nitrogens with zero attached hydrogens (tertiary/aromatic N) is 1. The highest BCUT2D eigenvalue weighted by atomic mass is 16.6. The van der Waals surface area contributed by atoms with E-state index in [1.807, 2.05) is 74.1 Å². The number of aliphatic hydroxyl groups excluding tert-OH is 1. The van der Waals surface area contributed by atoms with Gasteiger partial charge in [0.05, 0.1) is 17.3 Å². The Bertz CT molecular complexity index is 1810. The number of nitrogens with one attached hydrogen (secondary N) is 1. The number of fused-ring (bicyclic) bond motifs is 1. The second kappa shape index (κ2) is 16.2. The van der Waals surface area contributed by atoms with Gasteiger partial charge in [-0.3, -0.25) is 0 Å². The summed E-state index contributed by atoms with van der Waals surface area (Å²) in [5, 5.41) is 10.7. The van der Waals surface area contributed by atoms with E-state index in [0.29, 0.717) is 24.2 Å². The molecule has 11 heteroatoms. The molecule has 282 valence electrons. The third kappa shape index (κ3) is 8.02. The molecule has 2 aromatic heterocycles. The van der Waals surface area contributed by atoms with Crippen LogP contribution in [0, 0.1) is 23.7 Å². The Morgan fingerprint density at radius 1 is 1.00 bits per heavy atom. The van der Waals surface area contributed by atoms with Crippen LogP contribution in [0.5, 0.6) is 0 Å². The number of cyclic esters (lactones) is 1. The van der Waals surface area contributed by atoms with Crippen molar-refractivity contribution in [3.05, 3.63) is 114 Å². The lowest BCUT2D eigenvalue weighted by Crippen LogP contribution is -2.48. The lowest BCUT2D eigenvalue weighted by atomic mass is 9.69. The Balaban J connectivity index is 1.28. The molecular weight excluding hydrogens is 676 g/mol. The molecule has 0 amide bonds. The fourth-order valence-electron chi connectivity index (χ4n) is 8.10. The van der Waals surface area contributed by atoms with Gasteiger partial charge < -0.3 is 33.8 Å². The van der Waals surface area contributed by atoms with Crippen molar-refractivity contribution in [1.29, 1.82) is 0 Å². The first-order valence-electron chi connectivity index (χ1n) is 18.5. The highest BCUT2D eigenvalue weighted by Crippen LogP contribution is 2.53. The normalized spacial score (nSPS) is 30.1. The zero-order valence-corrected chi connectivity index (χ0v) is 31.2. The molecule has 0 saturated carbocycles. The van der Waals surface area contributed by atoms with Gasteiger partial charge in [-0.15, -0.1) is 0 Å². The molecule has 3 aromatic rings. The minimum absolute atomic E-state index is 0.131. The van der Waals surface area contributed by atoms with Crippen LogP contribution in [0.4, 0.5) is 0 Å². The summed E-state index contributed by atoms with van der Waals surface area (Å²) in [6.45, 7) is 9.69. The second-order valence-electron chi connectivity index (χ2n) is 14.8. The molecule has 0 radical (unpaired) electrons. The molecule has 4 heterocycles. The molecule has 1 saturated heterocycles. The van der Waals surface area contributed by atoms with Gasteiger partial charge >= 0.3 is 17.9 Å². The fourth-order valence-corrected chi connectivity index (χ4v) is 8.10. The van der Waals surface area contributed by atoms with Crippen LogP contribution in [0.3, 0.4) is 0 Å². The van der Waals surface area contributed by atoms with E-state index in [1.54, 1.807) is 44.3 Å². The number of H-pyrrole nitrogens is 1. The summed E-state index contributed by atoms with van der Waals surface area (Å²) >= 11 is 0. The summed E-state index contributed by atoms with van der Waals surface area (Å²) in [4.78, 5) is 43.6. The summed E-state index contributed by atoms with van der Waals surface area (Å²) in [6.07, 6.45) is 7.87. The number of rotatable bonds is 11. The molecule has 3 aliphatic rings. The molecule has 11 nitrogen and oxygen atoms in total. The summed E-state index contributed by atoms with van der Waals surface area (Å²) in [5.41, 5.74) is 1.60. The van der Waals surface area contributed by atoms with Crippen LogP contribution in [0.15, 0.2) is 97.0 Å². The van der Waals surface area contributed by atoms with Crippen LogP contribution >= 0.6 is 0 Å². The van der Waals surface area contributed by atoms with Gasteiger partial charge in [0.25, 0.3) is 0 Å². The number of carbonyl (C=O) groups excluding carboxylic acids is 3. The smallest absolute Gasteiger partial charge is 0.355 e. The summed E-state index contributed by atoms with van der Waals surface area (Å²) in [7, 11) is 1.48. The molecule has 53 heavy (non-hydrogen) atoms. The zero-order chi connectivity index (χ0) is 37.9. The van der Waals surface area contributed by atoms with Crippen LogP contribution in [-0.2, 0) is 35.0 Å². The van der Waals surface area contributed by atoms with Crippen molar-refractivity contribution in [2.45, 2.75) is 96.2 Å². The first kappa shape index (κ1) is 38.2. The largest absolute Gasteiger partial charge is 0.456 e. The van der Waals surface area contributed by atoms with Gasteiger partial charge in [-0.05, 0) is 57.4 Å². The minimum atomic E-state index is -0.925. The van der Waals surface area contributed by atoms with E-state index in [-0.39, 0.29) is 18.3 Å². The van der Waals surface area contributed by atoms with Crippen molar-refractivity contribution in [2.75, 3.05) is 7.11 Å². The van der Waals surface area contributed by atoms with E-state index in [0.717, 1.165) is 11.1 Å². The zero-order valence-electron chi connectivity index (χ0n) is 31.2. The molecule has 1 aliphatic carbocycles. The van der Waals surface area contributed by atoms with Gasteiger partial charge in [0, 0.05) is 54.7 Å². The van der Waals surface area contributed by atoms with Crippen molar-refractivity contribution in [1.82, 2.24) is 4.98 Å². The van der Waals surface area contributed by atoms with Gasteiger partial charge in [0.1, 0.15) is 30.1 Å². The Morgan fingerprint density at radius 3 is 2.45 bits per heavy atom. The van der Waals surface area contributed by atoms with Crippen LogP contribution in [0.25, 0.3) is 0 Å². The van der Waals surface area contributed by atoms with Crippen molar-refractivity contribution in [2.24, 2.45) is 23.7 Å². The lowest BCUT2D eigenvalue weighted by Gasteiger charge is -2.42. The average Bonchev–Trinajstić information content (AvgIpc) is 3.80. The highest BCUT2D eigenvalue weighted by molar-refractivity contribution is 5.91. The Hall–Kier alpha value is -4.58. The monoisotopic (exact) mass is 727 g/mol. The van der Waals surface area contributed by atoms with E-state index in [1.165, 1.54) is 7.11 Å². The molecule has 11 atom stereocenters. The molecule has 1 aromatic carbocycles. The predicted octanol–water partition coefficient (Wildman–Crippen LogP) is 5.38. The number of aliphatic hydroxyl groups is 1. The van der Waals surface area contributed by atoms with Gasteiger partial charge in [-0.2, -0.15) is 0 Å². The summed E-state index contributed by atoms with van der Waals surface area (Å²) < 4.78 is 33.1. The number of ether oxygens (including phenoxy) is 5. The van der Waals surface area contributed by atoms with Crippen LogP contribution < -0.4 is 4.57 Å². The standard InChI is InChI=1S/C42H50N2O9/c1-25-21-26(2)42-23-30(38(53-42)37(27(3)28(4)45)52-40(47)34-15-12-18-43-34)16-17-32(42)22-35(49-6)41(48)51-36(25)29(5)50-39(46)33-14-9-8-13-31(33)24-44-19-10-7-11-20-44/h7-21,25,27-30,32,35-38,45H,22-24H2,1-6H3/p+1/b26-21+/t25-,27-,28+,29-,30-,32?,35+,36+,37-,38-,42+/m1/s1. The van der Waals surface area contributed by atoms with Crippen LogP contribution in [0.1, 0.15) is 73.9 Å². The van der Waals surface area contributed by atoms with Crippen molar-refractivity contribution >= 4 is 17.9 Å². The number of aromatic nitrogens is 2. The highest BCUT2D eigenvalue weighted by Gasteiger charge is 2.57.